The Morgan fingerprint density at radius 3 is 2.81 bits per heavy atom. The normalized spacial score (nSPS) is 10.3. The van der Waals surface area contributed by atoms with E-state index < -0.39 is 5.97 Å². The summed E-state index contributed by atoms with van der Waals surface area (Å²) in [6.45, 7) is 2.40. The van der Waals surface area contributed by atoms with Gasteiger partial charge in [-0.15, -0.1) is 0 Å². The first-order valence-electron chi connectivity index (χ1n) is 4.92. The molecule has 0 radical (unpaired) electrons. The molecule has 0 aliphatic heterocycles. The number of rotatable bonds is 4. The van der Waals surface area contributed by atoms with Crippen molar-refractivity contribution in [3.8, 4) is 0 Å². The average Bonchev–Trinajstić information content (AvgIpc) is 2.27. The number of nitrogens with one attached hydrogen (secondary N) is 1. The summed E-state index contributed by atoms with van der Waals surface area (Å²) in [6, 6.07) is 6.78. The quantitative estimate of drug-likeness (QED) is 0.755. The van der Waals surface area contributed by atoms with Crippen molar-refractivity contribution in [1.29, 1.82) is 0 Å². The number of amides is 1. The SMILES string of the molecule is CCNC(=O)c1cccc(/C=C/C(=O)O)c1. The van der Waals surface area contributed by atoms with E-state index in [0.717, 1.165) is 6.08 Å². The van der Waals surface area contributed by atoms with Gasteiger partial charge >= 0.3 is 5.97 Å². The maximum Gasteiger partial charge on any atom is 0.328 e. The second-order valence-electron chi connectivity index (χ2n) is 3.16. The van der Waals surface area contributed by atoms with Gasteiger partial charge in [0.2, 0.25) is 0 Å². The van der Waals surface area contributed by atoms with Gasteiger partial charge in [-0.2, -0.15) is 0 Å². The zero-order chi connectivity index (χ0) is 12.0. The molecule has 0 fully saturated rings. The largest absolute Gasteiger partial charge is 0.478 e. The van der Waals surface area contributed by atoms with Crippen LogP contribution in [0.5, 0.6) is 0 Å². The van der Waals surface area contributed by atoms with E-state index in [2.05, 4.69) is 5.32 Å². The summed E-state index contributed by atoms with van der Waals surface area (Å²) in [4.78, 5) is 21.8. The van der Waals surface area contributed by atoms with Crippen LogP contribution in [0.2, 0.25) is 0 Å². The van der Waals surface area contributed by atoms with Crippen molar-refractivity contribution in [2.45, 2.75) is 6.92 Å². The zero-order valence-electron chi connectivity index (χ0n) is 8.93. The van der Waals surface area contributed by atoms with Gasteiger partial charge in [0.1, 0.15) is 0 Å². The van der Waals surface area contributed by atoms with Crippen molar-refractivity contribution < 1.29 is 14.7 Å². The highest BCUT2D eigenvalue weighted by molar-refractivity contribution is 5.95. The monoisotopic (exact) mass is 219 g/mol. The molecule has 1 aromatic carbocycles. The third kappa shape index (κ3) is 3.57. The summed E-state index contributed by atoms with van der Waals surface area (Å²) in [6.07, 6.45) is 2.49. The number of aliphatic carboxylic acids is 1. The van der Waals surface area contributed by atoms with Gasteiger partial charge in [-0.1, -0.05) is 12.1 Å². The first kappa shape index (κ1) is 12.0. The van der Waals surface area contributed by atoms with Crippen molar-refractivity contribution in [2.75, 3.05) is 6.54 Å². The summed E-state index contributed by atoms with van der Waals surface area (Å²) in [5, 5.41) is 11.1. The molecular formula is C12H13NO3. The van der Waals surface area contributed by atoms with Gasteiger partial charge in [-0.3, -0.25) is 4.79 Å². The molecule has 2 N–H and O–H groups in total. The number of carboxylic acid groups (broad SMARTS) is 1. The molecule has 0 saturated carbocycles. The third-order valence-corrected chi connectivity index (χ3v) is 1.90. The summed E-state index contributed by atoms with van der Waals surface area (Å²) in [5.74, 6) is -1.17. The number of benzene rings is 1. The van der Waals surface area contributed by atoms with Crippen LogP contribution < -0.4 is 5.32 Å². The molecule has 0 aromatic heterocycles. The Morgan fingerprint density at radius 1 is 1.44 bits per heavy atom. The lowest BCUT2D eigenvalue weighted by Gasteiger charge is -2.02. The fourth-order valence-electron chi connectivity index (χ4n) is 1.21. The van der Waals surface area contributed by atoms with Gasteiger partial charge in [-0.25, -0.2) is 4.79 Å². The van der Waals surface area contributed by atoms with Crippen LogP contribution in [0.15, 0.2) is 30.3 Å². The molecule has 0 spiro atoms. The molecule has 0 bridgehead atoms. The number of carbonyl (C=O) groups excluding carboxylic acids is 1. The van der Waals surface area contributed by atoms with Crippen LogP contribution in [0.4, 0.5) is 0 Å². The molecule has 0 unspecified atom stereocenters. The number of hydrogen-bond donors (Lipinski definition) is 2. The third-order valence-electron chi connectivity index (χ3n) is 1.90. The Labute approximate surface area is 93.6 Å². The maximum atomic E-state index is 11.5. The van der Waals surface area contributed by atoms with E-state index in [9.17, 15) is 9.59 Å². The Kier molecular flexibility index (Phi) is 4.27. The fraction of sp³-hybridized carbons (Fsp3) is 0.167. The summed E-state index contributed by atoms with van der Waals surface area (Å²) >= 11 is 0. The molecule has 84 valence electrons. The first-order chi connectivity index (χ1) is 7.63. The highest BCUT2D eigenvalue weighted by atomic mass is 16.4. The van der Waals surface area contributed by atoms with Gasteiger partial charge in [0, 0.05) is 18.2 Å². The lowest BCUT2D eigenvalue weighted by atomic mass is 10.1. The molecule has 16 heavy (non-hydrogen) atoms. The van der Waals surface area contributed by atoms with Crippen LogP contribution in [-0.2, 0) is 4.79 Å². The Hall–Kier alpha value is -2.10. The highest BCUT2D eigenvalue weighted by Gasteiger charge is 2.03. The topological polar surface area (TPSA) is 66.4 Å². The molecule has 1 aromatic rings. The predicted octanol–water partition coefficient (Wildman–Crippen LogP) is 1.53. The van der Waals surface area contributed by atoms with Crippen LogP contribution in [0.25, 0.3) is 6.08 Å². The Balaban J connectivity index is 2.86. The number of carboxylic acids is 1. The number of carbonyl (C=O) groups is 2. The molecule has 0 heterocycles. The molecule has 0 atom stereocenters. The molecule has 1 amide bonds. The van der Waals surface area contributed by atoms with Crippen molar-refractivity contribution in [3.05, 3.63) is 41.5 Å². The van der Waals surface area contributed by atoms with Gasteiger partial charge < -0.3 is 10.4 Å². The van der Waals surface area contributed by atoms with Gasteiger partial charge in [-0.05, 0) is 30.7 Å². The maximum absolute atomic E-state index is 11.5. The number of hydrogen-bond acceptors (Lipinski definition) is 2. The van der Waals surface area contributed by atoms with Crippen molar-refractivity contribution in [2.24, 2.45) is 0 Å². The van der Waals surface area contributed by atoms with E-state index in [0.29, 0.717) is 17.7 Å². The standard InChI is InChI=1S/C12H13NO3/c1-2-13-12(16)10-5-3-4-9(8-10)6-7-11(14)15/h3-8H,2H2,1H3,(H,13,16)(H,14,15)/b7-6+. The lowest BCUT2D eigenvalue weighted by Crippen LogP contribution is -2.22. The van der Waals surface area contributed by atoms with Crippen molar-refractivity contribution >= 4 is 18.0 Å². The summed E-state index contributed by atoms with van der Waals surface area (Å²) in [5.41, 5.74) is 1.21. The molecular weight excluding hydrogens is 206 g/mol. The molecule has 0 aliphatic carbocycles. The van der Waals surface area contributed by atoms with E-state index in [1.54, 1.807) is 24.3 Å². The van der Waals surface area contributed by atoms with Crippen LogP contribution in [0.3, 0.4) is 0 Å². The van der Waals surface area contributed by atoms with Crippen LogP contribution in [-0.4, -0.2) is 23.5 Å². The highest BCUT2D eigenvalue weighted by Crippen LogP contribution is 2.07. The molecule has 4 nitrogen and oxygen atoms in total. The minimum absolute atomic E-state index is 0.159. The molecule has 1 rings (SSSR count). The van der Waals surface area contributed by atoms with Crippen molar-refractivity contribution in [1.82, 2.24) is 5.32 Å². The zero-order valence-corrected chi connectivity index (χ0v) is 8.93. The minimum atomic E-state index is -1.01. The van der Waals surface area contributed by atoms with Crippen LogP contribution >= 0.6 is 0 Å². The second-order valence-corrected chi connectivity index (χ2v) is 3.16. The first-order valence-corrected chi connectivity index (χ1v) is 4.92. The van der Waals surface area contributed by atoms with Gasteiger partial charge in [0.15, 0.2) is 0 Å². The molecule has 0 aliphatic rings. The van der Waals surface area contributed by atoms with Crippen LogP contribution in [0.1, 0.15) is 22.8 Å². The Bertz CT molecular complexity index is 424. The lowest BCUT2D eigenvalue weighted by molar-refractivity contribution is -0.131. The van der Waals surface area contributed by atoms with E-state index in [1.165, 1.54) is 6.08 Å². The van der Waals surface area contributed by atoms with E-state index in [4.69, 9.17) is 5.11 Å². The average molecular weight is 219 g/mol. The Morgan fingerprint density at radius 2 is 2.19 bits per heavy atom. The van der Waals surface area contributed by atoms with Crippen LogP contribution in [0, 0.1) is 0 Å². The van der Waals surface area contributed by atoms with E-state index in [1.807, 2.05) is 6.92 Å². The van der Waals surface area contributed by atoms with Gasteiger partial charge in [0.05, 0.1) is 0 Å². The predicted molar refractivity (Wildman–Crippen MR) is 61.1 cm³/mol. The van der Waals surface area contributed by atoms with E-state index >= 15 is 0 Å². The summed E-state index contributed by atoms with van der Waals surface area (Å²) in [7, 11) is 0. The molecule has 0 saturated heterocycles. The van der Waals surface area contributed by atoms with E-state index in [-0.39, 0.29) is 5.91 Å². The minimum Gasteiger partial charge on any atom is -0.478 e. The van der Waals surface area contributed by atoms with Gasteiger partial charge in [0.25, 0.3) is 5.91 Å². The fourth-order valence-corrected chi connectivity index (χ4v) is 1.21. The second kappa shape index (κ2) is 5.70. The van der Waals surface area contributed by atoms with Crippen molar-refractivity contribution in [3.63, 3.8) is 0 Å². The smallest absolute Gasteiger partial charge is 0.328 e. The molecule has 4 heteroatoms. The summed E-state index contributed by atoms with van der Waals surface area (Å²) < 4.78 is 0.